The Morgan fingerprint density at radius 1 is 0.357 bits per heavy atom. The molecule has 0 amide bonds. The molecule has 0 spiro atoms. The smallest absolute Gasteiger partial charge is 0.870 e. The van der Waals surface area contributed by atoms with Gasteiger partial charge in [-0.25, -0.2) is 0 Å². The fraction of sp³-hybridized carbons (Fsp3) is 0.346. The summed E-state index contributed by atoms with van der Waals surface area (Å²) in [5.41, 5.74) is 0.393. The van der Waals surface area contributed by atoms with Gasteiger partial charge in [0.15, 0.2) is 0 Å². The van der Waals surface area contributed by atoms with Crippen LogP contribution in [-0.2, 0) is 116 Å². The van der Waals surface area contributed by atoms with Crippen LogP contribution in [0.15, 0.2) is 66.4 Å². The van der Waals surface area contributed by atoms with Crippen LogP contribution in [0, 0.1) is 129 Å². The quantitative estimate of drug-likeness (QED) is 0.0722. The molecule has 0 aliphatic heterocycles. The van der Waals surface area contributed by atoms with Gasteiger partial charge < -0.3 is 150 Å². The summed E-state index contributed by atoms with van der Waals surface area (Å²) < 4.78 is 31.3. The average Bonchev–Trinajstić information content (AvgIpc) is 3.41. The van der Waals surface area contributed by atoms with Crippen LogP contribution in [0.5, 0.6) is 46.0 Å². The van der Waals surface area contributed by atoms with Gasteiger partial charge in [0.1, 0.15) is 48.1 Å². The van der Waals surface area contributed by atoms with E-state index in [0.717, 1.165) is 68.0 Å². The van der Waals surface area contributed by atoms with Crippen molar-refractivity contribution < 1.29 is 325 Å². The monoisotopic (exact) mass is 2140 g/mol. The first-order valence-electron chi connectivity index (χ1n) is 23.3. The molecule has 36 nitrogen and oxygen atoms in total. The van der Waals surface area contributed by atoms with Crippen LogP contribution in [0.25, 0.3) is 0 Å². The van der Waals surface area contributed by atoms with E-state index in [-0.39, 0.29) is 256 Å². The molecular formula is C52H64Br4Eu2N2O34Zn4. The summed E-state index contributed by atoms with van der Waals surface area (Å²) in [6.45, 7) is 17.2. The van der Waals surface area contributed by atoms with Gasteiger partial charge in [0.2, 0.25) is 0 Å². The van der Waals surface area contributed by atoms with Crippen molar-refractivity contribution in [3.05, 3.63) is 119 Å². The molecule has 0 bridgehead atoms. The number of hydrogen-bond acceptors (Lipinski definition) is 34. The number of carboxylic acid groups (broad SMARTS) is 6. The molecule has 0 unspecified atom stereocenters. The summed E-state index contributed by atoms with van der Waals surface area (Å²) >= 11 is 12.6. The van der Waals surface area contributed by atoms with Crippen LogP contribution in [0.2, 0.25) is 0 Å². The molecule has 0 saturated heterocycles. The Bertz CT molecular complexity index is 2320. The Hall–Kier alpha value is -3.40. The summed E-state index contributed by atoms with van der Waals surface area (Å²) in [5.74, 6) is -7.33. The number of carbonyl (C=O) groups excluding carboxylic acids is 10. The van der Waals surface area contributed by atoms with Gasteiger partial charge in [-0.3, -0.25) is 19.2 Å². The van der Waals surface area contributed by atoms with E-state index in [1.807, 2.05) is 27.7 Å². The first kappa shape index (κ1) is 141. The van der Waals surface area contributed by atoms with E-state index in [0.29, 0.717) is 43.0 Å². The van der Waals surface area contributed by atoms with Crippen molar-refractivity contribution in [1.29, 1.82) is 0 Å². The SMILES string of the molecule is CC(=O)[O-].CC(=O)[O-].CC(=O)[O-].CC(=O)[O-].CC(=O)[O-].CC(=O)[O-].CCOCC.CCOCC.COc1cc(Br)cc(C=O)c1[O-].COc1cc(Br)cc(C=O)c1[O-].COc1cc(Br)cc(C=O)c1[O-].COc1cc(Br)cc(C=O)c1[O-].O=[N+]([O-])[O-].O=[N+]([O-])[O-].[Eu+3].[Eu+3].[OH-].[OH-].[Zn+2].[Zn+2].[Zn+2].[Zn+2]. The molecule has 98 heavy (non-hydrogen) atoms. The predicted octanol–water partition coefficient (Wildman–Crippen LogP) is -0.844. The number of benzene rings is 4. The Kier molecular flexibility index (Phi) is 141. The van der Waals surface area contributed by atoms with E-state index in [1.54, 1.807) is 0 Å². The molecule has 46 heteroatoms. The zero-order valence-electron chi connectivity index (χ0n) is 54.7. The third-order valence-electron chi connectivity index (χ3n) is 6.40. The second kappa shape index (κ2) is 97.8. The topological polar surface area (TPSA) is 649 Å². The van der Waals surface area contributed by atoms with Gasteiger partial charge in [-0.05, 0) is 118 Å². The van der Waals surface area contributed by atoms with Crippen LogP contribution in [0.4, 0.5) is 0 Å². The third-order valence-corrected chi connectivity index (χ3v) is 8.23. The van der Waals surface area contributed by atoms with Crippen LogP contribution in [0.1, 0.15) is 111 Å². The van der Waals surface area contributed by atoms with Crippen molar-refractivity contribution in [3.63, 3.8) is 0 Å². The summed E-state index contributed by atoms with van der Waals surface area (Å²) in [4.78, 5) is 111. The molecule has 536 valence electrons. The first-order valence-corrected chi connectivity index (χ1v) is 26.4. The van der Waals surface area contributed by atoms with Crippen molar-refractivity contribution in [2.75, 3.05) is 54.9 Å². The van der Waals surface area contributed by atoms with Crippen molar-refractivity contribution >= 4 is 125 Å². The summed E-state index contributed by atoms with van der Waals surface area (Å²) in [7, 11) is 5.55. The Morgan fingerprint density at radius 3 is 0.520 bits per heavy atom. The number of methoxy groups -OCH3 is 4. The predicted molar refractivity (Wildman–Crippen MR) is 315 cm³/mol. The van der Waals surface area contributed by atoms with Crippen molar-refractivity contribution in [2.24, 2.45) is 0 Å². The second-order valence-corrected chi connectivity index (χ2v) is 17.2. The zero-order chi connectivity index (χ0) is 73.4. The number of hydrogen-bond donors (Lipinski definition) is 0. The van der Waals surface area contributed by atoms with Crippen molar-refractivity contribution in [3.8, 4) is 46.0 Å². The maximum absolute atomic E-state index is 11.2. The summed E-state index contributed by atoms with van der Waals surface area (Å²) in [6.07, 6.45) is 2.04. The molecule has 0 fully saturated rings. The molecule has 4 aromatic rings. The molecule has 0 aliphatic rings. The molecule has 4 aromatic carbocycles. The molecule has 0 atom stereocenters. The largest absolute Gasteiger partial charge is 3.00 e. The average molecular weight is 2150 g/mol. The minimum Gasteiger partial charge on any atom is -0.870 e. The number of ether oxygens (including phenoxy) is 6. The molecular weight excluding hydrogens is 2080 g/mol. The second-order valence-electron chi connectivity index (χ2n) is 13.5. The number of carbonyl (C=O) groups is 10. The Balaban J connectivity index is -0.0000000450. The summed E-state index contributed by atoms with van der Waals surface area (Å²) in [6, 6.07) is 11.9. The number of halogens is 4. The van der Waals surface area contributed by atoms with Gasteiger partial charge in [0.05, 0.1) is 38.6 Å². The van der Waals surface area contributed by atoms with Gasteiger partial charge in [-0.2, -0.15) is 0 Å². The van der Waals surface area contributed by atoms with Gasteiger partial charge in [-0.15, -0.1) is 0 Å². The summed E-state index contributed by atoms with van der Waals surface area (Å²) in [5, 5.41) is 128. The third kappa shape index (κ3) is 120. The van der Waals surface area contributed by atoms with E-state index in [4.69, 9.17) is 118 Å². The minimum atomic E-state index is -1.75. The van der Waals surface area contributed by atoms with Gasteiger partial charge >= 0.3 is 177 Å². The molecule has 4 rings (SSSR count). The standard InChI is InChI=1S/4C8H7BrO3.2C4H10O.6C2H4O2.2Eu.2NO3.2H2O.4Zn/c4*1-12-7-3-6(9)2-5(4-10)8(7)11;2*1-3-5-4-2;6*1-2(3)4;;;2*2-1(3)4;;;;;;/h4*2-4,11H,1H3;2*3-4H2,1-2H3;6*1H3,(H,3,4);;;;;2*1H2;;;;/q;;;;;;;;;;;;2*+3;2*-1;;;4*+2/p-12. The van der Waals surface area contributed by atoms with Gasteiger partial charge in [0.25, 0.3) is 0 Å². The van der Waals surface area contributed by atoms with Crippen LogP contribution >= 0.6 is 63.7 Å². The van der Waals surface area contributed by atoms with Crippen LogP contribution < -0.4 is 70.0 Å². The number of carboxylic acids is 6. The van der Waals surface area contributed by atoms with Crippen LogP contribution in [0.3, 0.4) is 0 Å². The maximum Gasteiger partial charge on any atom is 3.00 e. The Labute approximate surface area is 729 Å². The van der Waals surface area contributed by atoms with Crippen molar-refractivity contribution in [2.45, 2.75) is 69.2 Å². The van der Waals surface area contributed by atoms with E-state index in [9.17, 15) is 39.6 Å². The van der Waals surface area contributed by atoms with E-state index in [1.165, 1.54) is 77.0 Å². The van der Waals surface area contributed by atoms with Crippen molar-refractivity contribution in [1.82, 2.24) is 0 Å². The molecule has 0 aliphatic carbocycles. The van der Waals surface area contributed by atoms with Gasteiger partial charge in [0, 0.05) is 102 Å². The number of aldehydes is 4. The van der Waals surface area contributed by atoms with E-state index < -0.39 is 46.0 Å². The normalized spacial score (nSPS) is 7.53. The maximum atomic E-state index is 11.2. The van der Waals surface area contributed by atoms with E-state index >= 15 is 0 Å². The zero-order valence-corrected chi connectivity index (χ0v) is 77.8. The van der Waals surface area contributed by atoms with E-state index in [2.05, 4.69) is 63.7 Å². The first-order chi connectivity index (χ1) is 41.4. The minimum absolute atomic E-state index is 0. The number of aliphatic carboxylic acids is 6. The Morgan fingerprint density at radius 2 is 0.459 bits per heavy atom. The molecule has 0 aromatic heterocycles. The fourth-order valence-corrected chi connectivity index (χ4v) is 5.54. The fourth-order valence-electron chi connectivity index (χ4n) is 3.72. The number of rotatable bonds is 12. The molecule has 0 radical (unpaired) electrons. The molecule has 0 heterocycles. The molecule has 2 N–H and O–H groups in total. The van der Waals surface area contributed by atoms with Crippen LogP contribution in [-0.4, -0.2) is 137 Å². The number of nitrogens with zero attached hydrogens (tertiary/aromatic N) is 2. The molecule has 0 saturated carbocycles. The van der Waals surface area contributed by atoms with Gasteiger partial charge in [-0.1, -0.05) is 86.7 Å².